The van der Waals surface area contributed by atoms with Crippen LogP contribution in [0.2, 0.25) is 0 Å². The predicted octanol–water partition coefficient (Wildman–Crippen LogP) is 3.67. The highest BCUT2D eigenvalue weighted by atomic mass is 16.6. The summed E-state index contributed by atoms with van der Waals surface area (Å²) in [6.07, 6.45) is 5.46. The first kappa shape index (κ1) is 29.8. The van der Waals surface area contributed by atoms with Gasteiger partial charge in [-0.15, -0.1) is 0 Å². The van der Waals surface area contributed by atoms with E-state index >= 15 is 0 Å². The number of carbonyl (C=O) groups excluding carboxylic acids is 4. The molecule has 43 heavy (non-hydrogen) atoms. The molecular formula is C33H40O10. The first-order valence-corrected chi connectivity index (χ1v) is 15.1. The molecule has 10 nitrogen and oxygen atoms in total. The second-order valence-corrected chi connectivity index (χ2v) is 13.7. The molecular weight excluding hydrogens is 556 g/mol. The topological polar surface area (TPSA) is 142 Å². The Bertz CT molecular complexity index is 1380. The van der Waals surface area contributed by atoms with E-state index in [1.807, 2.05) is 26.8 Å². The minimum Gasteiger partial charge on any atom is -0.472 e. The van der Waals surface area contributed by atoms with Gasteiger partial charge in [0.05, 0.1) is 31.0 Å². The maximum absolute atomic E-state index is 13.6. The van der Waals surface area contributed by atoms with Crippen LogP contribution in [0.25, 0.3) is 0 Å². The SMILES string of the molecule is C=C1C(C2(C)C=CC(=O)OC3(C)COC(=O)CC32)C(C=O)C(OC(=O)C(O)C(C)CC)C2(C)C(c3ccoc3)CC3OC132. The van der Waals surface area contributed by atoms with Crippen molar-refractivity contribution in [1.82, 2.24) is 0 Å². The minimum absolute atomic E-state index is 0.0522. The quantitative estimate of drug-likeness (QED) is 0.163. The van der Waals surface area contributed by atoms with Gasteiger partial charge in [0.2, 0.25) is 0 Å². The number of furan rings is 1. The van der Waals surface area contributed by atoms with Gasteiger partial charge in [0.15, 0.2) is 6.10 Å². The summed E-state index contributed by atoms with van der Waals surface area (Å²) in [5, 5.41) is 10.9. The van der Waals surface area contributed by atoms with Gasteiger partial charge in [0.25, 0.3) is 0 Å². The first-order chi connectivity index (χ1) is 20.3. The molecule has 12 unspecified atom stereocenters. The minimum atomic E-state index is -1.39. The molecule has 0 bridgehead atoms. The summed E-state index contributed by atoms with van der Waals surface area (Å²) in [6.45, 7) is 13.7. The lowest BCUT2D eigenvalue weighted by Gasteiger charge is -2.58. The standard InChI is InChI=1S/C33H40O10/c1-7-17(2)27(37)29(38)41-28-20(14-34)26(30(4)10-8-24(35)43-31(5)16-40-25(36)13-22(30)31)18(3)33-23(42-33)12-21(32(28,33)6)19-9-11-39-15-19/h8-11,14-15,17,20-23,26-28,37H,3,7,12-13,16H2,1-2,4-6H3. The third-order valence-corrected chi connectivity index (χ3v) is 11.6. The Balaban J connectivity index is 1.52. The fourth-order valence-electron chi connectivity index (χ4n) is 9.11. The molecule has 12 atom stereocenters. The molecule has 1 N–H and O–H groups in total. The van der Waals surface area contributed by atoms with Gasteiger partial charge in [-0.05, 0) is 36.5 Å². The summed E-state index contributed by atoms with van der Waals surface area (Å²) in [5.41, 5.74) is -2.58. The number of esters is 3. The van der Waals surface area contributed by atoms with E-state index in [4.69, 9.17) is 23.4 Å². The lowest BCUT2D eigenvalue weighted by Crippen LogP contribution is -2.65. The summed E-state index contributed by atoms with van der Waals surface area (Å²) < 4.78 is 29.4. The zero-order chi connectivity index (χ0) is 31.1. The highest BCUT2D eigenvalue weighted by molar-refractivity contribution is 5.83. The Morgan fingerprint density at radius 1 is 1.28 bits per heavy atom. The molecule has 5 aliphatic rings. The predicted molar refractivity (Wildman–Crippen MR) is 150 cm³/mol. The van der Waals surface area contributed by atoms with Crippen molar-refractivity contribution in [3.63, 3.8) is 0 Å². The second-order valence-electron chi connectivity index (χ2n) is 13.7. The van der Waals surface area contributed by atoms with Crippen LogP contribution in [0.4, 0.5) is 0 Å². The van der Waals surface area contributed by atoms with Gasteiger partial charge in [-0.3, -0.25) is 4.79 Å². The Kier molecular flexibility index (Phi) is 6.86. The van der Waals surface area contributed by atoms with Gasteiger partial charge in [0.1, 0.15) is 30.2 Å². The molecule has 4 fully saturated rings. The van der Waals surface area contributed by atoms with Gasteiger partial charge in [-0.25, -0.2) is 9.59 Å². The van der Waals surface area contributed by atoms with Crippen LogP contribution in [0.1, 0.15) is 65.4 Å². The van der Waals surface area contributed by atoms with E-state index in [1.54, 1.807) is 32.4 Å². The average Bonchev–Trinajstić information content (AvgIpc) is 3.35. The van der Waals surface area contributed by atoms with E-state index in [1.165, 1.54) is 6.08 Å². The summed E-state index contributed by atoms with van der Waals surface area (Å²) in [5.74, 6) is -4.66. The number of aliphatic hydroxyl groups is 1. The summed E-state index contributed by atoms with van der Waals surface area (Å²) in [7, 11) is 0. The Morgan fingerprint density at radius 2 is 2.02 bits per heavy atom. The highest BCUT2D eigenvalue weighted by Gasteiger charge is 2.83. The van der Waals surface area contributed by atoms with Crippen molar-refractivity contribution in [3.8, 4) is 0 Å². The third kappa shape index (κ3) is 3.98. The highest BCUT2D eigenvalue weighted by Crippen LogP contribution is 2.77. The first-order valence-electron chi connectivity index (χ1n) is 15.1. The van der Waals surface area contributed by atoms with E-state index in [0.717, 1.165) is 11.8 Å². The van der Waals surface area contributed by atoms with Gasteiger partial charge in [-0.2, -0.15) is 0 Å². The molecule has 232 valence electrons. The molecule has 6 rings (SSSR count). The van der Waals surface area contributed by atoms with Crippen molar-refractivity contribution in [2.24, 2.45) is 34.5 Å². The molecule has 2 aliphatic carbocycles. The van der Waals surface area contributed by atoms with Crippen molar-refractivity contribution in [2.45, 2.75) is 89.3 Å². The Hall–Kier alpha value is -3.24. The molecule has 0 radical (unpaired) electrons. The number of fused-ring (bicyclic) bond motifs is 1. The third-order valence-electron chi connectivity index (χ3n) is 11.6. The van der Waals surface area contributed by atoms with Crippen molar-refractivity contribution in [1.29, 1.82) is 0 Å². The fraction of sp³-hybridized carbons (Fsp3) is 0.636. The number of aliphatic hydroxyl groups excluding tert-OH is 1. The molecule has 0 amide bonds. The largest absolute Gasteiger partial charge is 0.472 e. The molecule has 1 aromatic rings. The summed E-state index contributed by atoms with van der Waals surface area (Å²) in [6, 6.07) is 1.86. The second kappa shape index (κ2) is 9.89. The van der Waals surface area contributed by atoms with Gasteiger partial charge < -0.3 is 33.3 Å². The monoisotopic (exact) mass is 596 g/mol. The number of aldehydes is 1. The van der Waals surface area contributed by atoms with E-state index in [9.17, 15) is 24.3 Å². The number of carbonyl (C=O) groups is 4. The molecule has 1 aromatic heterocycles. The van der Waals surface area contributed by atoms with Crippen LogP contribution in [0.3, 0.4) is 0 Å². The van der Waals surface area contributed by atoms with Crippen LogP contribution in [0, 0.1) is 34.5 Å². The molecule has 3 aliphatic heterocycles. The number of hydrogen-bond acceptors (Lipinski definition) is 10. The van der Waals surface area contributed by atoms with Crippen LogP contribution in [-0.4, -0.2) is 65.4 Å². The Morgan fingerprint density at radius 3 is 2.67 bits per heavy atom. The number of epoxide rings is 1. The van der Waals surface area contributed by atoms with Crippen molar-refractivity contribution in [3.05, 3.63) is 48.5 Å². The number of rotatable bonds is 7. The maximum atomic E-state index is 13.6. The van der Waals surface area contributed by atoms with Crippen LogP contribution < -0.4 is 0 Å². The van der Waals surface area contributed by atoms with Crippen molar-refractivity contribution >= 4 is 24.2 Å². The van der Waals surface area contributed by atoms with Gasteiger partial charge >= 0.3 is 17.9 Å². The van der Waals surface area contributed by atoms with E-state index in [-0.39, 0.29) is 31.0 Å². The molecule has 2 saturated heterocycles. The smallest absolute Gasteiger partial charge is 0.335 e. The normalized spacial score (nSPS) is 44.6. The summed E-state index contributed by atoms with van der Waals surface area (Å²) >= 11 is 0. The van der Waals surface area contributed by atoms with E-state index in [0.29, 0.717) is 18.4 Å². The lowest BCUT2D eigenvalue weighted by atomic mass is 9.46. The van der Waals surface area contributed by atoms with Crippen molar-refractivity contribution in [2.75, 3.05) is 6.61 Å². The number of ether oxygens (including phenoxy) is 4. The van der Waals surface area contributed by atoms with Crippen LogP contribution in [0.15, 0.2) is 47.3 Å². The number of hydrogen-bond donors (Lipinski definition) is 1. The van der Waals surface area contributed by atoms with E-state index in [2.05, 4.69) is 6.58 Å². The Labute approximate surface area is 250 Å². The average molecular weight is 597 g/mol. The molecule has 1 spiro atoms. The van der Waals surface area contributed by atoms with Crippen LogP contribution >= 0.6 is 0 Å². The fourth-order valence-corrected chi connectivity index (χ4v) is 9.11. The summed E-state index contributed by atoms with van der Waals surface area (Å²) in [4.78, 5) is 52.5. The lowest BCUT2D eigenvalue weighted by molar-refractivity contribution is -0.204. The molecule has 0 aromatic carbocycles. The molecule has 4 heterocycles. The van der Waals surface area contributed by atoms with E-state index < -0.39 is 69.9 Å². The van der Waals surface area contributed by atoms with Gasteiger partial charge in [-0.1, -0.05) is 46.8 Å². The maximum Gasteiger partial charge on any atom is 0.335 e. The molecule has 10 heteroatoms. The van der Waals surface area contributed by atoms with Crippen LogP contribution in [-0.2, 0) is 38.1 Å². The van der Waals surface area contributed by atoms with Gasteiger partial charge in [0, 0.05) is 34.7 Å². The van der Waals surface area contributed by atoms with Crippen molar-refractivity contribution < 1.29 is 47.6 Å². The zero-order valence-corrected chi connectivity index (χ0v) is 25.2. The number of allylic oxidation sites excluding steroid dienone is 1. The van der Waals surface area contributed by atoms with Crippen LogP contribution in [0.5, 0.6) is 0 Å². The zero-order valence-electron chi connectivity index (χ0n) is 25.2. The number of cyclic esters (lactones) is 1. The molecule has 2 saturated carbocycles.